The average Bonchev–Trinajstić information content (AvgIpc) is 3.33. The number of hydrogen-bond donors (Lipinski definition) is 0. The van der Waals surface area contributed by atoms with Gasteiger partial charge in [0.25, 0.3) is 0 Å². The SMILES string of the molecule is CC/C=C\C/C=C\C/C=C\C/C=C\C/C=C\CC(=O)OC(COC(=O)CCCCCCCCC)COC(=O)CCCCCCCCCCCCCCCCCCCCCCCCCCCCC. The third-order valence-corrected chi connectivity index (χ3v) is 12.6. The van der Waals surface area contributed by atoms with Crippen LogP contribution in [0.4, 0.5) is 0 Å². The lowest BCUT2D eigenvalue weighted by atomic mass is 10.0. The first-order valence-corrected chi connectivity index (χ1v) is 28.8. The average molecular weight is 938 g/mol. The van der Waals surface area contributed by atoms with E-state index in [1.807, 2.05) is 6.08 Å². The highest BCUT2D eigenvalue weighted by molar-refractivity contribution is 5.72. The van der Waals surface area contributed by atoms with E-state index in [1.165, 1.54) is 180 Å². The first kappa shape index (κ1) is 64.1. The number of carbonyl (C=O) groups excluding carboxylic acids is 3. The van der Waals surface area contributed by atoms with Gasteiger partial charge in [0.15, 0.2) is 6.10 Å². The van der Waals surface area contributed by atoms with Gasteiger partial charge < -0.3 is 14.2 Å². The number of esters is 3. The monoisotopic (exact) mass is 937 g/mol. The van der Waals surface area contributed by atoms with Crippen molar-refractivity contribution < 1.29 is 28.6 Å². The zero-order chi connectivity index (χ0) is 48.6. The largest absolute Gasteiger partial charge is 0.462 e. The molecule has 1 unspecified atom stereocenters. The third kappa shape index (κ3) is 53.9. The Bertz CT molecular complexity index is 1210. The summed E-state index contributed by atoms with van der Waals surface area (Å²) < 4.78 is 16.6. The molecule has 0 heterocycles. The standard InChI is InChI=1S/C61H108O6/c1-4-7-10-13-16-18-20-22-24-25-26-27-28-29-30-31-32-33-34-35-37-38-40-42-45-48-51-54-60(63)66-57-58(56-65-59(62)53-50-47-44-15-12-9-6-3)67-61(64)55-52-49-46-43-41-39-36-23-21-19-17-14-11-8-5-2/h8,11,17,19,23,36,41,43,49,52,58H,4-7,9-10,12-16,18,20-22,24-35,37-40,42,44-48,50-51,53-57H2,1-3H3/b11-8-,19-17-,36-23-,43-41-,52-49-. The van der Waals surface area contributed by atoms with E-state index < -0.39 is 12.1 Å². The molecule has 6 heteroatoms. The maximum absolute atomic E-state index is 12.7. The minimum Gasteiger partial charge on any atom is -0.462 e. The predicted octanol–water partition coefficient (Wildman–Crippen LogP) is 19.2. The molecule has 6 nitrogen and oxygen atoms in total. The summed E-state index contributed by atoms with van der Waals surface area (Å²) in [6.45, 7) is 6.42. The van der Waals surface area contributed by atoms with Gasteiger partial charge in [-0.25, -0.2) is 0 Å². The molecule has 0 fully saturated rings. The second-order valence-corrected chi connectivity index (χ2v) is 19.2. The van der Waals surface area contributed by atoms with E-state index in [-0.39, 0.29) is 31.6 Å². The molecule has 1 atom stereocenters. The summed E-state index contributed by atoms with van der Waals surface area (Å²) >= 11 is 0. The van der Waals surface area contributed by atoms with Crippen LogP contribution in [0.3, 0.4) is 0 Å². The third-order valence-electron chi connectivity index (χ3n) is 12.6. The van der Waals surface area contributed by atoms with E-state index in [2.05, 4.69) is 69.4 Å². The van der Waals surface area contributed by atoms with Crippen LogP contribution in [0, 0.1) is 0 Å². The molecule has 0 rings (SSSR count). The summed E-state index contributed by atoms with van der Waals surface area (Å²) in [6.07, 6.45) is 70.0. The van der Waals surface area contributed by atoms with Crippen LogP contribution in [0.1, 0.15) is 290 Å². The van der Waals surface area contributed by atoms with Crippen LogP contribution < -0.4 is 0 Å². The molecule has 0 bridgehead atoms. The molecule has 0 saturated heterocycles. The van der Waals surface area contributed by atoms with Gasteiger partial charge in [-0.05, 0) is 44.9 Å². The van der Waals surface area contributed by atoms with Gasteiger partial charge in [-0.15, -0.1) is 0 Å². The molecule has 0 saturated carbocycles. The van der Waals surface area contributed by atoms with Crippen molar-refractivity contribution in [1.82, 2.24) is 0 Å². The van der Waals surface area contributed by atoms with E-state index in [0.717, 1.165) is 70.6 Å². The van der Waals surface area contributed by atoms with E-state index in [1.54, 1.807) is 6.08 Å². The Kier molecular flexibility index (Phi) is 53.3. The summed E-state index contributed by atoms with van der Waals surface area (Å²) in [4.78, 5) is 37.8. The van der Waals surface area contributed by atoms with Gasteiger partial charge in [0.1, 0.15) is 13.2 Å². The second-order valence-electron chi connectivity index (χ2n) is 19.2. The van der Waals surface area contributed by atoms with Crippen LogP contribution in [0.25, 0.3) is 0 Å². The molecule has 0 aromatic rings. The van der Waals surface area contributed by atoms with Crippen molar-refractivity contribution in [1.29, 1.82) is 0 Å². The Balaban J connectivity index is 4.13. The molecule has 0 amide bonds. The summed E-state index contributed by atoms with van der Waals surface area (Å²) in [5.41, 5.74) is 0. The first-order valence-electron chi connectivity index (χ1n) is 28.8. The van der Waals surface area contributed by atoms with Crippen LogP contribution in [-0.2, 0) is 28.6 Å². The Morgan fingerprint density at radius 2 is 0.567 bits per heavy atom. The van der Waals surface area contributed by atoms with Crippen molar-refractivity contribution in [2.24, 2.45) is 0 Å². The summed E-state index contributed by atoms with van der Waals surface area (Å²) in [6, 6.07) is 0. The van der Waals surface area contributed by atoms with Crippen molar-refractivity contribution in [3.63, 3.8) is 0 Å². The minimum atomic E-state index is -0.823. The lowest BCUT2D eigenvalue weighted by Crippen LogP contribution is -2.30. The summed E-state index contributed by atoms with van der Waals surface area (Å²) in [5.74, 6) is -1.04. The van der Waals surface area contributed by atoms with Crippen molar-refractivity contribution in [3.8, 4) is 0 Å². The molecule has 0 spiro atoms. The first-order chi connectivity index (χ1) is 33.0. The molecule has 388 valence electrons. The van der Waals surface area contributed by atoms with E-state index in [9.17, 15) is 14.4 Å². The summed E-state index contributed by atoms with van der Waals surface area (Å²) in [7, 11) is 0. The predicted molar refractivity (Wildman–Crippen MR) is 288 cm³/mol. The number of unbranched alkanes of at least 4 members (excludes halogenated alkanes) is 32. The van der Waals surface area contributed by atoms with E-state index >= 15 is 0 Å². The molecule has 0 aliphatic heterocycles. The molecule has 0 aliphatic carbocycles. The van der Waals surface area contributed by atoms with Crippen LogP contribution in [-0.4, -0.2) is 37.2 Å². The number of allylic oxidation sites excluding steroid dienone is 9. The fourth-order valence-corrected chi connectivity index (χ4v) is 8.28. The van der Waals surface area contributed by atoms with Gasteiger partial charge in [0.2, 0.25) is 0 Å². The summed E-state index contributed by atoms with van der Waals surface area (Å²) in [5, 5.41) is 0. The minimum absolute atomic E-state index is 0.101. The Hall–Kier alpha value is -2.89. The maximum atomic E-state index is 12.7. The van der Waals surface area contributed by atoms with Crippen LogP contribution in [0.5, 0.6) is 0 Å². The topological polar surface area (TPSA) is 78.9 Å². The van der Waals surface area contributed by atoms with Crippen molar-refractivity contribution in [2.75, 3.05) is 13.2 Å². The van der Waals surface area contributed by atoms with Crippen molar-refractivity contribution in [3.05, 3.63) is 60.8 Å². The van der Waals surface area contributed by atoms with Gasteiger partial charge >= 0.3 is 17.9 Å². The highest BCUT2D eigenvalue weighted by atomic mass is 16.6. The van der Waals surface area contributed by atoms with Gasteiger partial charge in [0, 0.05) is 12.8 Å². The number of carbonyl (C=O) groups is 3. The normalized spacial score (nSPS) is 12.5. The molecule has 0 aromatic heterocycles. The molecule has 0 aliphatic rings. The maximum Gasteiger partial charge on any atom is 0.310 e. The smallest absolute Gasteiger partial charge is 0.310 e. The molecular formula is C61H108O6. The quantitative estimate of drug-likeness (QED) is 0.0262. The molecule has 0 N–H and O–H groups in total. The fourth-order valence-electron chi connectivity index (χ4n) is 8.28. The van der Waals surface area contributed by atoms with Crippen LogP contribution in [0.15, 0.2) is 60.8 Å². The number of ether oxygens (including phenoxy) is 3. The Labute approximate surface area is 415 Å². The van der Waals surface area contributed by atoms with Gasteiger partial charge in [-0.3, -0.25) is 14.4 Å². The van der Waals surface area contributed by atoms with E-state index in [4.69, 9.17) is 14.2 Å². The zero-order valence-electron chi connectivity index (χ0n) is 44.4. The van der Waals surface area contributed by atoms with E-state index in [0.29, 0.717) is 12.8 Å². The number of hydrogen-bond acceptors (Lipinski definition) is 6. The highest BCUT2D eigenvalue weighted by Crippen LogP contribution is 2.17. The highest BCUT2D eigenvalue weighted by Gasteiger charge is 2.19. The molecule has 0 radical (unpaired) electrons. The Morgan fingerprint density at radius 3 is 0.851 bits per heavy atom. The Morgan fingerprint density at radius 1 is 0.313 bits per heavy atom. The molecule has 0 aromatic carbocycles. The van der Waals surface area contributed by atoms with Crippen LogP contribution in [0.2, 0.25) is 0 Å². The fraction of sp³-hybridized carbons (Fsp3) is 0.787. The van der Waals surface area contributed by atoms with Crippen LogP contribution >= 0.6 is 0 Å². The van der Waals surface area contributed by atoms with Gasteiger partial charge in [-0.2, -0.15) is 0 Å². The molecular weight excluding hydrogens is 829 g/mol. The van der Waals surface area contributed by atoms with Gasteiger partial charge in [-0.1, -0.05) is 287 Å². The lowest BCUT2D eigenvalue weighted by molar-refractivity contribution is -0.166. The zero-order valence-corrected chi connectivity index (χ0v) is 44.4. The second kappa shape index (κ2) is 55.7. The lowest BCUT2D eigenvalue weighted by Gasteiger charge is -2.18. The molecule has 67 heavy (non-hydrogen) atoms. The van der Waals surface area contributed by atoms with Crippen molar-refractivity contribution >= 4 is 17.9 Å². The number of rotatable bonds is 52. The van der Waals surface area contributed by atoms with Crippen molar-refractivity contribution in [2.45, 2.75) is 297 Å². The van der Waals surface area contributed by atoms with Gasteiger partial charge in [0.05, 0.1) is 6.42 Å².